The lowest BCUT2D eigenvalue weighted by Gasteiger charge is -2.05. The van der Waals surface area contributed by atoms with Gasteiger partial charge in [-0.15, -0.1) is 0 Å². The van der Waals surface area contributed by atoms with E-state index in [1.807, 2.05) is 0 Å². The predicted octanol–water partition coefficient (Wildman–Crippen LogP) is 6.62. The minimum absolute atomic E-state index is 0.319. The highest BCUT2D eigenvalue weighted by Gasteiger charge is 2.30. The van der Waals surface area contributed by atoms with E-state index >= 15 is 0 Å². The maximum Gasteiger partial charge on any atom is 0.416 e. The van der Waals surface area contributed by atoms with E-state index in [4.69, 9.17) is 16.1 Å². The van der Waals surface area contributed by atoms with E-state index in [2.05, 4.69) is 20.1 Å². The third kappa shape index (κ3) is 3.77. The number of hydrogen-bond acceptors (Lipinski definition) is 4. The zero-order valence-corrected chi connectivity index (χ0v) is 16.4. The SMILES string of the molecule is FC(F)(F)c1ccc2nc(-c3ccc(-c4noc(-c5ccc(Cl)cc5)n4)cc3)[nH]c2c1. The summed E-state index contributed by atoms with van der Waals surface area (Å²) in [6.45, 7) is 0. The van der Waals surface area contributed by atoms with E-state index in [0.29, 0.717) is 33.6 Å². The zero-order valence-electron chi connectivity index (χ0n) is 15.6. The van der Waals surface area contributed by atoms with Crippen LogP contribution >= 0.6 is 11.6 Å². The summed E-state index contributed by atoms with van der Waals surface area (Å²) in [5.74, 6) is 1.25. The lowest BCUT2D eigenvalue weighted by atomic mass is 10.1. The maximum absolute atomic E-state index is 12.9. The Labute approximate surface area is 178 Å². The number of nitrogens with zero attached hydrogens (tertiary/aromatic N) is 3. The largest absolute Gasteiger partial charge is 0.416 e. The molecule has 5 aromatic rings. The summed E-state index contributed by atoms with van der Waals surface area (Å²) in [4.78, 5) is 11.7. The highest BCUT2D eigenvalue weighted by molar-refractivity contribution is 6.30. The van der Waals surface area contributed by atoms with Crippen LogP contribution in [0.25, 0.3) is 45.3 Å². The van der Waals surface area contributed by atoms with Crippen LogP contribution in [0.4, 0.5) is 13.2 Å². The van der Waals surface area contributed by atoms with Crippen molar-refractivity contribution in [1.82, 2.24) is 20.1 Å². The summed E-state index contributed by atoms with van der Waals surface area (Å²) in [5, 5.41) is 4.62. The molecular formula is C22H12ClF3N4O. The number of H-pyrrole nitrogens is 1. The summed E-state index contributed by atoms with van der Waals surface area (Å²) >= 11 is 5.89. The fourth-order valence-electron chi connectivity index (χ4n) is 3.15. The van der Waals surface area contributed by atoms with Crippen molar-refractivity contribution in [1.29, 1.82) is 0 Å². The van der Waals surface area contributed by atoms with Crippen LogP contribution in [-0.2, 0) is 6.18 Å². The normalized spacial score (nSPS) is 11.9. The van der Waals surface area contributed by atoms with E-state index in [-0.39, 0.29) is 0 Å². The highest BCUT2D eigenvalue weighted by atomic mass is 35.5. The number of halogens is 4. The van der Waals surface area contributed by atoms with Crippen LogP contribution in [0.1, 0.15) is 5.56 Å². The average molecular weight is 441 g/mol. The number of alkyl halides is 3. The second kappa shape index (κ2) is 7.24. The molecule has 0 bridgehead atoms. The molecule has 2 aromatic heterocycles. The number of aromatic amines is 1. The molecule has 0 fully saturated rings. The topological polar surface area (TPSA) is 67.6 Å². The standard InChI is InChI=1S/C22H12ClF3N4O/c23-16-8-5-14(6-9-16)21-29-20(30-31-21)13-3-1-12(2-4-13)19-27-17-10-7-15(22(24,25)26)11-18(17)28-19/h1-11H,(H,27,28). The van der Waals surface area contributed by atoms with Crippen LogP contribution in [0.5, 0.6) is 0 Å². The molecule has 0 aliphatic heterocycles. The molecule has 0 spiro atoms. The van der Waals surface area contributed by atoms with Crippen LogP contribution in [0.15, 0.2) is 71.3 Å². The first-order valence-corrected chi connectivity index (χ1v) is 9.52. The van der Waals surface area contributed by atoms with E-state index in [9.17, 15) is 13.2 Å². The van der Waals surface area contributed by atoms with Crippen LogP contribution in [-0.4, -0.2) is 20.1 Å². The molecule has 0 unspecified atom stereocenters. The van der Waals surface area contributed by atoms with Gasteiger partial charge in [0, 0.05) is 21.7 Å². The first-order valence-electron chi connectivity index (χ1n) is 9.14. The third-order valence-corrected chi connectivity index (χ3v) is 4.99. The Morgan fingerprint density at radius 3 is 2.19 bits per heavy atom. The molecule has 0 saturated carbocycles. The number of nitrogens with one attached hydrogen (secondary N) is 1. The Kier molecular flexibility index (Phi) is 4.51. The van der Waals surface area contributed by atoms with Gasteiger partial charge in [0.2, 0.25) is 5.82 Å². The second-order valence-electron chi connectivity index (χ2n) is 6.82. The minimum atomic E-state index is -4.41. The lowest BCUT2D eigenvalue weighted by Crippen LogP contribution is -2.04. The van der Waals surface area contributed by atoms with Crippen molar-refractivity contribution in [3.8, 4) is 34.2 Å². The molecule has 154 valence electrons. The van der Waals surface area contributed by atoms with Crippen LogP contribution in [0.3, 0.4) is 0 Å². The summed E-state index contributed by atoms with van der Waals surface area (Å²) in [6.07, 6.45) is -4.41. The first-order chi connectivity index (χ1) is 14.9. The maximum atomic E-state index is 12.9. The van der Waals surface area contributed by atoms with Gasteiger partial charge in [-0.3, -0.25) is 0 Å². The van der Waals surface area contributed by atoms with Crippen molar-refractivity contribution in [2.24, 2.45) is 0 Å². The van der Waals surface area contributed by atoms with Gasteiger partial charge in [-0.25, -0.2) is 4.98 Å². The number of imidazole rings is 1. The average Bonchev–Trinajstić information content (AvgIpc) is 3.41. The van der Waals surface area contributed by atoms with Gasteiger partial charge in [-0.05, 0) is 42.5 Å². The Bertz CT molecular complexity index is 1370. The zero-order chi connectivity index (χ0) is 21.6. The number of rotatable bonds is 3. The molecule has 0 atom stereocenters. The van der Waals surface area contributed by atoms with Gasteiger partial charge in [0.25, 0.3) is 5.89 Å². The van der Waals surface area contributed by atoms with Crippen molar-refractivity contribution in [3.05, 3.63) is 77.3 Å². The van der Waals surface area contributed by atoms with Gasteiger partial charge >= 0.3 is 6.18 Å². The quantitative estimate of drug-likeness (QED) is 0.342. The summed E-state index contributed by atoms with van der Waals surface area (Å²) in [7, 11) is 0. The third-order valence-electron chi connectivity index (χ3n) is 4.74. The van der Waals surface area contributed by atoms with Gasteiger partial charge in [0.1, 0.15) is 5.82 Å². The Morgan fingerprint density at radius 1 is 0.806 bits per heavy atom. The van der Waals surface area contributed by atoms with Crippen LogP contribution in [0.2, 0.25) is 5.02 Å². The number of hydrogen-bond donors (Lipinski definition) is 1. The molecule has 2 heterocycles. The van der Waals surface area contributed by atoms with E-state index in [1.54, 1.807) is 48.5 Å². The Hall–Kier alpha value is -3.65. The van der Waals surface area contributed by atoms with Crippen molar-refractivity contribution in [2.45, 2.75) is 6.18 Å². The van der Waals surface area contributed by atoms with E-state index in [0.717, 1.165) is 28.8 Å². The molecule has 0 radical (unpaired) electrons. The molecule has 9 heteroatoms. The van der Waals surface area contributed by atoms with Crippen LogP contribution < -0.4 is 0 Å². The van der Waals surface area contributed by atoms with E-state index < -0.39 is 11.7 Å². The molecule has 3 aromatic carbocycles. The lowest BCUT2D eigenvalue weighted by molar-refractivity contribution is -0.137. The van der Waals surface area contributed by atoms with Crippen molar-refractivity contribution < 1.29 is 17.7 Å². The fourth-order valence-corrected chi connectivity index (χ4v) is 3.28. The van der Waals surface area contributed by atoms with Crippen molar-refractivity contribution in [3.63, 3.8) is 0 Å². The summed E-state index contributed by atoms with van der Waals surface area (Å²) < 4.78 is 44.1. The smallest absolute Gasteiger partial charge is 0.338 e. The minimum Gasteiger partial charge on any atom is -0.338 e. The van der Waals surface area contributed by atoms with Crippen LogP contribution in [0, 0.1) is 0 Å². The molecule has 0 amide bonds. The van der Waals surface area contributed by atoms with Crippen molar-refractivity contribution in [2.75, 3.05) is 0 Å². The number of aromatic nitrogens is 4. The summed E-state index contributed by atoms with van der Waals surface area (Å²) in [6, 6.07) is 17.6. The molecule has 1 N–H and O–H groups in total. The first kappa shape index (κ1) is 19.3. The fraction of sp³-hybridized carbons (Fsp3) is 0.0455. The molecule has 31 heavy (non-hydrogen) atoms. The molecular weight excluding hydrogens is 429 g/mol. The highest BCUT2D eigenvalue weighted by Crippen LogP contribution is 2.32. The predicted molar refractivity (Wildman–Crippen MR) is 110 cm³/mol. The van der Waals surface area contributed by atoms with Gasteiger partial charge in [-0.2, -0.15) is 18.2 Å². The molecule has 0 aliphatic carbocycles. The molecule has 5 nitrogen and oxygen atoms in total. The van der Waals surface area contributed by atoms with Gasteiger partial charge in [0.05, 0.1) is 16.6 Å². The molecule has 5 rings (SSSR count). The molecule has 0 aliphatic rings. The van der Waals surface area contributed by atoms with E-state index in [1.165, 1.54) is 6.07 Å². The summed E-state index contributed by atoms with van der Waals surface area (Å²) in [5.41, 5.74) is 2.25. The monoisotopic (exact) mass is 440 g/mol. The second-order valence-corrected chi connectivity index (χ2v) is 7.26. The Balaban J connectivity index is 1.42. The molecule has 0 saturated heterocycles. The number of benzene rings is 3. The van der Waals surface area contributed by atoms with Gasteiger partial charge in [0.15, 0.2) is 0 Å². The van der Waals surface area contributed by atoms with Crippen molar-refractivity contribution >= 4 is 22.6 Å². The Morgan fingerprint density at radius 2 is 1.48 bits per heavy atom. The number of fused-ring (bicyclic) bond motifs is 1. The van der Waals surface area contributed by atoms with Gasteiger partial charge < -0.3 is 9.51 Å². The van der Waals surface area contributed by atoms with Gasteiger partial charge in [-0.1, -0.05) is 41.0 Å².